The number of hydrogen-bond acceptors (Lipinski definition) is 7. The van der Waals surface area contributed by atoms with Crippen molar-refractivity contribution in [3.8, 4) is 0 Å². The predicted octanol–water partition coefficient (Wildman–Crippen LogP) is 2.63. The second-order valence-electron chi connectivity index (χ2n) is 8.84. The van der Waals surface area contributed by atoms with Crippen LogP contribution >= 0.6 is 0 Å². The lowest BCUT2D eigenvalue weighted by Crippen LogP contribution is -2.49. The topological polar surface area (TPSA) is 98.7 Å². The minimum absolute atomic E-state index is 0.192. The summed E-state index contributed by atoms with van der Waals surface area (Å²) in [7, 11) is -3.62. The van der Waals surface area contributed by atoms with Crippen LogP contribution in [0.25, 0.3) is 0 Å². The molecule has 0 spiro atoms. The fourth-order valence-corrected chi connectivity index (χ4v) is 6.22. The third kappa shape index (κ3) is 5.11. The van der Waals surface area contributed by atoms with Crippen LogP contribution in [0.2, 0.25) is 0 Å². The van der Waals surface area contributed by atoms with Crippen molar-refractivity contribution in [1.82, 2.24) is 14.5 Å². The van der Waals surface area contributed by atoms with E-state index >= 15 is 0 Å². The van der Waals surface area contributed by atoms with Gasteiger partial charge in [0.2, 0.25) is 15.9 Å². The van der Waals surface area contributed by atoms with Gasteiger partial charge in [0.1, 0.15) is 0 Å². The quantitative estimate of drug-likeness (QED) is 0.714. The Labute approximate surface area is 195 Å². The lowest BCUT2D eigenvalue weighted by molar-refractivity contribution is -0.114. The molecule has 1 N–H and O–H groups in total. The molecule has 9 nitrogen and oxygen atoms in total. The Morgan fingerprint density at radius 2 is 1.70 bits per heavy atom. The van der Waals surface area contributed by atoms with Gasteiger partial charge in [0.15, 0.2) is 11.6 Å². The third-order valence-corrected chi connectivity index (χ3v) is 8.47. The zero-order chi connectivity index (χ0) is 23.6. The molecular weight excluding hydrogens is 440 g/mol. The summed E-state index contributed by atoms with van der Waals surface area (Å²) in [4.78, 5) is 15.9. The number of aryl methyl sites for hydroxylation is 1. The molecule has 1 amide bonds. The summed E-state index contributed by atoms with van der Waals surface area (Å²) in [6.07, 6.45) is 3.62. The minimum atomic E-state index is -3.62. The van der Waals surface area contributed by atoms with Crippen molar-refractivity contribution in [2.75, 3.05) is 47.8 Å². The number of aromatic nitrogens is 2. The highest BCUT2D eigenvalue weighted by atomic mass is 32.2. The smallest absolute Gasteiger partial charge is 0.243 e. The van der Waals surface area contributed by atoms with Gasteiger partial charge in [0, 0.05) is 51.4 Å². The van der Waals surface area contributed by atoms with E-state index in [1.807, 2.05) is 12.1 Å². The number of anilines is 3. The van der Waals surface area contributed by atoms with Gasteiger partial charge in [0.25, 0.3) is 0 Å². The number of hydrogen-bond donors (Lipinski definition) is 1. The van der Waals surface area contributed by atoms with E-state index in [1.54, 1.807) is 25.1 Å². The molecule has 1 atom stereocenters. The maximum Gasteiger partial charge on any atom is 0.243 e. The Morgan fingerprint density at radius 1 is 1.00 bits per heavy atom. The SMILES string of the molecule is CC(=O)Nc1ccc(S(=O)(=O)N2CCN(c3ccc(N4CCCCC4C)nn3)CC2)c(C)c1. The van der Waals surface area contributed by atoms with Crippen LogP contribution in [0.15, 0.2) is 35.2 Å². The Balaban J connectivity index is 1.40. The van der Waals surface area contributed by atoms with E-state index in [2.05, 4.69) is 32.2 Å². The molecule has 0 radical (unpaired) electrons. The molecule has 4 rings (SSSR count). The molecule has 2 aromatic rings. The van der Waals surface area contributed by atoms with E-state index in [9.17, 15) is 13.2 Å². The van der Waals surface area contributed by atoms with E-state index in [0.29, 0.717) is 43.5 Å². The first kappa shape index (κ1) is 23.4. The Morgan fingerprint density at radius 3 is 2.30 bits per heavy atom. The zero-order valence-corrected chi connectivity index (χ0v) is 20.3. The molecule has 33 heavy (non-hydrogen) atoms. The summed E-state index contributed by atoms with van der Waals surface area (Å²) in [6, 6.07) is 9.35. The maximum absolute atomic E-state index is 13.2. The number of nitrogens with one attached hydrogen (secondary N) is 1. The van der Waals surface area contributed by atoms with E-state index < -0.39 is 10.0 Å². The lowest BCUT2D eigenvalue weighted by atomic mass is 10.0. The molecule has 0 bridgehead atoms. The molecule has 178 valence electrons. The van der Waals surface area contributed by atoms with E-state index in [1.165, 1.54) is 30.5 Å². The predicted molar refractivity (Wildman–Crippen MR) is 129 cm³/mol. The summed E-state index contributed by atoms with van der Waals surface area (Å²) >= 11 is 0. The Hall–Kier alpha value is -2.72. The van der Waals surface area contributed by atoms with Gasteiger partial charge in [-0.25, -0.2) is 8.42 Å². The summed E-state index contributed by atoms with van der Waals surface area (Å²) < 4.78 is 28.0. The second kappa shape index (κ2) is 9.64. The van der Waals surface area contributed by atoms with E-state index in [-0.39, 0.29) is 10.8 Å². The second-order valence-corrected chi connectivity index (χ2v) is 10.7. The molecule has 0 aliphatic carbocycles. The maximum atomic E-state index is 13.2. The molecule has 2 aliphatic rings. The van der Waals surface area contributed by atoms with Crippen molar-refractivity contribution in [2.24, 2.45) is 0 Å². The largest absolute Gasteiger partial charge is 0.352 e. The summed E-state index contributed by atoms with van der Waals surface area (Å²) in [5, 5.41) is 11.6. The van der Waals surface area contributed by atoms with Gasteiger partial charge in [-0.1, -0.05) is 0 Å². The first-order valence-corrected chi connectivity index (χ1v) is 12.9. The Kier molecular flexibility index (Phi) is 6.85. The van der Waals surface area contributed by atoms with Crippen molar-refractivity contribution in [1.29, 1.82) is 0 Å². The van der Waals surface area contributed by atoms with Crippen LogP contribution in [-0.4, -0.2) is 67.6 Å². The van der Waals surface area contributed by atoms with E-state index in [4.69, 9.17) is 0 Å². The van der Waals surface area contributed by atoms with Crippen LogP contribution in [-0.2, 0) is 14.8 Å². The normalized spacial score (nSPS) is 20.0. The van der Waals surface area contributed by atoms with Gasteiger partial charge in [-0.15, -0.1) is 10.2 Å². The van der Waals surface area contributed by atoms with Crippen molar-refractivity contribution in [3.63, 3.8) is 0 Å². The number of rotatable bonds is 5. The molecule has 3 heterocycles. The Bertz CT molecular complexity index is 1100. The molecule has 0 saturated carbocycles. The number of carbonyl (C=O) groups excluding carboxylic acids is 1. The molecule has 10 heteroatoms. The van der Waals surface area contributed by atoms with Crippen molar-refractivity contribution < 1.29 is 13.2 Å². The monoisotopic (exact) mass is 472 g/mol. The zero-order valence-electron chi connectivity index (χ0n) is 19.5. The average Bonchev–Trinajstić information content (AvgIpc) is 2.79. The molecule has 1 aromatic heterocycles. The number of sulfonamides is 1. The molecule has 1 aromatic carbocycles. The number of carbonyl (C=O) groups is 1. The fraction of sp³-hybridized carbons (Fsp3) is 0.522. The summed E-state index contributed by atoms with van der Waals surface area (Å²) in [6.45, 7) is 8.26. The first-order chi connectivity index (χ1) is 15.8. The fourth-order valence-electron chi connectivity index (χ4n) is 4.59. The van der Waals surface area contributed by atoms with Crippen LogP contribution in [0.4, 0.5) is 17.3 Å². The number of benzene rings is 1. The van der Waals surface area contributed by atoms with Gasteiger partial charge >= 0.3 is 0 Å². The van der Waals surface area contributed by atoms with Crippen molar-refractivity contribution >= 4 is 33.3 Å². The number of piperidine rings is 1. The highest BCUT2D eigenvalue weighted by molar-refractivity contribution is 7.89. The van der Waals surface area contributed by atoms with Crippen LogP contribution < -0.4 is 15.1 Å². The van der Waals surface area contributed by atoms with Gasteiger partial charge in [-0.3, -0.25) is 4.79 Å². The lowest BCUT2D eigenvalue weighted by Gasteiger charge is -2.36. The van der Waals surface area contributed by atoms with Gasteiger partial charge in [-0.05, 0) is 69.0 Å². The highest BCUT2D eigenvalue weighted by Crippen LogP contribution is 2.26. The van der Waals surface area contributed by atoms with Gasteiger partial charge < -0.3 is 15.1 Å². The average molecular weight is 473 g/mol. The van der Waals surface area contributed by atoms with E-state index in [0.717, 1.165) is 18.2 Å². The highest BCUT2D eigenvalue weighted by Gasteiger charge is 2.30. The number of piperazine rings is 1. The van der Waals surface area contributed by atoms with Crippen molar-refractivity contribution in [3.05, 3.63) is 35.9 Å². The van der Waals surface area contributed by atoms with Crippen LogP contribution in [0, 0.1) is 6.92 Å². The summed E-state index contributed by atoms with van der Waals surface area (Å²) in [5.41, 5.74) is 1.20. The number of amides is 1. The molecular formula is C23H32N6O3S. The van der Waals surface area contributed by atoms with Crippen LogP contribution in [0.1, 0.15) is 38.7 Å². The standard InChI is InChI=1S/C23H32N6O3S/c1-17-16-20(24-19(3)30)7-8-21(17)33(31,32)28-14-12-27(13-15-28)22-9-10-23(26-25-22)29-11-5-4-6-18(29)2/h7-10,16,18H,4-6,11-15H2,1-3H3,(H,24,30). The van der Waals surface area contributed by atoms with Gasteiger partial charge in [-0.2, -0.15) is 4.31 Å². The van der Waals surface area contributed by atoms with Crippen LogP contribution in [0.3, 0.4) is 0 Å². The van der Waals surface area contributed by atoms with Gasteiger partial charge in [0.05, 0.1) is 4.90 Å². The third-order valence-electron chi connectivity index (χ3n) is 6.41. The van der Waals surface area contributed by atoms with Crippen molar-refractivity contribution in [2.45, 2.75) is 51.0 Å². The molecule has 2 aliphatic heterocycles. The van der Waals surface area contributed by atoms with Crippen LogP contribution in [0.5, 0.6) is 0 Å². The summed E-state index contributed by atoms with van der Waals surface area (Å²) in [5.74, 6) is 1.49. The number of nitrogens with zero attached hydrogens (tertiary/aromatic N) is 5. The first-order valence-electron chi connectivity index (χ1n) is 11.5. The molecule has 2 saturated heterocycles. The molecule has 2 fully saturated rings. The minimum Gasteiger partial charge on any atom is -0.352 e. The molecule has 1 unspecified atom stereocenters.